The number of aldehydes is 1. The van der Waals surface area contributed by atoms with Crippen molar-refractivity contribution in [3.05, 3.63) is 133 Å². The number of esters is 1. The third-order valence-electron chi connectivity index (χ3n) is 6.90. The largest absolute Gasteiger partial charge is 0.478 e. The van der Waals surface area contributed by atoms with E-state index in [1.165, 1.54) is 18.2 Å². The number of methoxy groups -OCH3 is 1. The number of nitrogens with zero attached hydrogens (tertiary/aromatic N) is 6. The van der Waals surface area contributed by atoms with E-state index in [9.17, 15) is 14.4 Å². The molecule has 292 valence electrons. The number of hydrogen-bond acceptors (Lipinski definition) is 10. The second kappa shape index (κ2) is 26.1. The molecule has 1 aliphatic rings. The molecular weight excluding hydrogens is 701 g/mol. The molecule has 3 heterocycles. The Labute approximate surface area is 323 Å². The van der Waals surface area contributed by atoms with Gasteiger partial charge in [0.05, 0.1) is 41.5 Å². The minimum Gasteiger partial charge on any atom is -0.478 e. The maximum Gasteiger partial charge on any atom is 0.335 e. The predicted molar refractivity (Wildman–Crippen MR) is 220 cm³/mol. The molecule has 0 aliphatic carbocycles. The summed E-state index contributed by atoms with van der Waals surface area (Å²) >= 11 is 0. The van der Waals surface area contributed by atoms with Crippen molar-refractivity contribution < 1.29 is 29.0 Å². The van der Waals surface area contributed by atoms with Crippen LogP contribution in [-0.2, 0) is 14.3 Å². The molecule has 2 aromatic heterocycles. The number of aromatic nitrogens is 3. The number of fused-ring (bicyclic) bond motifs is 1. The molecule has 0 fully saturated rings. The number of allylic oxidation sites excluding steroid dienone is 5. The number of ether oxygens (including phenoxy) is 2. The fraction of sp³-hybridized carbons (Fsp3) is 0.244. The number of aliphatic imine (C=N–C) groups is 1. The Morgan fingerprint density at radius 2 is 1.71 bits per heavy atom. The zero-order chi connectivity index (χ0) is 41.2. The van der Waals surface area contributed by atoms with Crippen LogP contribution in [0.15, 0.2) is 126 Å². The third kappa shape index (κ3) is 15.1. The third-order valence-corrected chi connectivity index (χ3v) is 6.90. The van der Waals surface area contributed by atoms with E-state index in [0.717, 1.165) is 35.5 Å². The molecule has 0 atom stereocenters. The molecule has 1 aliphatic heterocycles. The van der Waals surface area contributed by atoms with Crippen molar-refractivity contribution >= 4 is 53.2 Å². The highest BCUT2D eigenvalue weighted by Gasteiger charge is 2.21. The average Bonchev–Trinajstić information content (AvgIpc) is 3.55. The van der Waals surface area contributed by atoms with Gasteiger partial charge in [-0.05, 0) is 71.0 Å². The minimum atomic E-state index is -1.01. The first-order valence-corrected chi connectivity index (χ1v) is 17.4. The summed E-state index contributed by atoms with van der Waals surface area (Å²) in [5.41, 5.74) is 7.92. The zero-order valence-electron chi connectivity index (χ0n) is 32.8. The highest BCUT2D eigenvalue weighted by Crippen LogP contribution is 2.22. The van der Waals surface area contributed by atoms with Crippen molar-refractivity contribution in [3.63, 3.8) is 0 Å². The molecule has 4 aromatic rings. The van der Waals surface area contributed by atoms with Gasteiger partial charge in [-0.3, -0.25) is 14.1 Å². The molecule has 0 amide bonds. The summed E-state index contributed by atoms with van der Waals surface area (Å²) in [5, 5.41) is 24.1. The zero-order valence-corrected chi connectivity index (χ0v) is 32.8. The van der Waals surface area contributed by atoms with Gasteiger partial charge in [-0.1, -0.05) is 69.5 Å². The van der Waals surface area contributed by atoms with Gasteiger partial charge in [-0.25, -0.2) is 20.0 Å². The molecule has 0 unspecified atom stereocenters. The Kier molecular flexibility index (Phi) is 22.0. The molecule has 55 heavy (non-hydrogen) atoms. The number of carboxylic acid groups (broad SMARTS) is 1. The summed E-state index contributed by atoms with van der Waals surface area (Å²) < 4.78 is 11.3. The molecule has 14 nitrogen and oxygen atoms in total. The van der Waals surface area contributed by atoms with Gasteiger partial charge in [-0.2, -0.15) is 10.2 Å². The number of carbonyl (C=O) groups is 3. The van der Waals surface area contributed by atoms with Gasteiger partial charge in [-0.15, -0.1) is 5.10 Å². The fourth-order valence-corrected chi connectivity index (χ4v) is 4.35. The SMILES string of the molecule is C/C=C1/C=NNC(=Nc2ccccc2)N1/C(C)=C/C(=O)OCC.C=CC=C.CC.CCOC.Cc1c(C=O)cc2cnnc(Nc3cccc(C(=O)O)c3)n12. The Morgan fingerprint density at radius 1 is 1.04 bits per heavy atom. The van der Waals surface area contributed by atoms with E-state index in [-0.39, 0.29) is 11.5 Å². The van der Waals surface area contributed by atoms with E-state index in [2.05, 4.69) is 48.9 Å². The molecule has 0 bridgehead atoms. The molecule has 0 spiro atoms. The fourth-order valence-electron chi connectivity index (χ4n) is 4.35. The second-order valence-electron chi connectivity index (χ2n) is 10.5. The molecule has 3 N–H and O–H groups in total. The number of para-hydroxylation sites is 1. The second-order valence-corrected chi connectivity index (χ2v) is 10.5. The molecule has 14 heteroatoms. The van der Waals surface area contributed by atoms with Crippen LogP contribution in [0.25, 0.3) is 5.52 Å². The van der Waals surface area contributed by atoms with E-state index in [4.69, 9.17) is 9.84 Å². The molecule has 5 rings (SSSR count). The molecule has 2 aromatic carbocycles. The first-order chi connectivity index (χ1) is 26.6. The van der Waals surface area contributed by atoms with E-state index < -0.39 is 5.97 Å². The number of aryl methyl sites for hydroxylation is 1. The van der Waals surface area contributed by atoms with Crippen LogP contribution in [0.3, 0.4) is 0 Å². The average molecular weight is 753 g/mol. The van der Waals surface area contributed by atoms with Crippen molar-refractivity contribution in [3.8, 4) is 0 Å². The summed E-state index contributed by atoms with van der Waals surface area (Å²) in [6, 6.07) is 17.6. The summed E-state index contributed by atoms with van der Waals surface area (Å²) in [5.74, 6) is -0.467. The first kappa shape index (κ1) is 46.4. The Morgan fingerprint density at radius 3 is 2.27 bits per heavy atom. The lowest BCUT2D eigenvalue weighted by Crippen LogP contribution is -2.41. The molecule has 0 saturated heterocycles. The number of hydrogen-bond donors (Lipinski definition) is 3. The number of aromatic carboxylic acids is 1. The molecular formula is C41H52N8O6. The van der Waals surface area contributed by atoms with Gasteiger partial charge < -0.3 is 19.9 Å². The van der Waals surface area contributed by atoms with Crippen molar-refractivity contribution in [2.45, 2.75) is 48.5 Å². The van der Waals surface area contributed by atoms with Crippen LogP contribution < -0.4 is 10.7 Å². The monoisotopic (exact) mass is 752 g/mol. The van der Waals surface area contributed by atoms with Crippen molar-refractivity contribution in [1.29, 1.82) is 0 Å². The number of anilines is 2. The Hall–Kier alpha value is -6.67. The van der Waals surface area contributed by atoms with Gasteiger partial charge in [0, 0.05) is 42.4 Å². The van der Waals surface area contributed by atoms with E-state index in [1.54, 1.807) is 68.1 Å². The number of benzene rings is 2. The highest BCUT2D eigenvalue weighted by molar-refractivity contribution is 5.97. The van der Waals surface area contributed by atoms with Crippen LogP contribution in [0.2, 0.25) is 0 Å². The lowest BCUT2D eigenvalue weighted by Gasteiger charge is -2.29. The van der Waals surface area contributed by atoms with E-state index >= 15 is 0 Å². The van der Waals surface area contributed by atoms with Crippen molar-refractivity contribution in [2.24, 2.45) is 10.1 Å². The summed E-state index contributed by atoms with van der Waals surface area (Å²) in [6.45, 7) is 21.1. The number of carbonyl (C=O) groups excluding carboxylic acids is 2. The number of guanidine groups is 1. The normalized spacial score (nSPS) is 12.9. The topological polar surface area (TPSA) is 172 Å². The van der Waals surface area contributed by atoms with Crippen LogP contribution in [0.4, 0.5) is 17.3 Å². The van der Waals surface area contributed by atoms with E-state index in [0.29, 0.717) is 35.5 Å². The standard InChI is InChI=1S/C17H20N4O2.C15H12N4O3.C4H6.C3H8O.C2H6/c1-4-15-12-18-20-17(19-14-9-7-6-8-10-14)21(15)13(3)11-16(22)23-5-2;1-9-11(8-20)6-13-7-16-18-15(19(9)13)17-12-4-2-3-10(5-12)14(21)22;2*1-3-4-2;1-2/h4,6-12H,5H2,1-3H3,(H,19,20);2-8H,1H3,(H,17,18)(H,21,22);3-4H,1-2H2;3H2,1-2H3;1-2H3/b13-11+,15-4-;;;;. The Balaban J connectivity index is 0.000000444. The predicted octanol–water partition coefficient (Wildman–Crippen LogP) is 8.27. The van der Waals surface area contributed by atoms with E-state index in [1.807, 2.05) is 75.9 Å². The van der Waals surface area contributed by atoms with Gasteiger partial charge in [0.15, 0.2) is 6.29 Å². The minimum absolute atomic E-state index is 0.169. The number of rotatable bonds is 10. The maximum atomic E-state index is 11.7. The summed E-state index contributed by atoms with van der Waals surface area (Å²) in [7, 11) is 1.68. The number of carboxylic acids is 1. The van der Waals surface area contributed by atoms with Crippen LogP contribution in [0.5, 0.6) is 0 Å². The molecule has 0 radical (unpaired) electrons. The Bertz CT molecular complexity index is 1960. The number of nitrogens with one attached hydrogen (secondary N) is 2. The first-order valence-electron chi connectivity index (χ1n) is 17.4. The summed E-state index contributed by atoms with van der Waals surface area (Å²) in [6.07, 6.45) is 10.6. The van der Waals surface area contributed by atoms with Gasteiger partial charge >= 0.3 is 11.9 Å². The van der Waals surface area contributed by atoms with Gasteiger partial charge in [0.2, 0.25) is 11.9 Å². The van der Waals surface area contributed by atoms with Crippen LogP contribution in [0, 0.1) is 6.92 Å². The quantitative estimate of drug-likeness (QED) is 0.0616. The smallest absolute Gasteiger partial charge is 0.335 e. The van der Waals surface area contributed by atoms with Crippen molar-refractivity contribution in [1.82, 2.24) is 24.9 Å². The number of hydrazone groups is 1. The maximum absolute atomic E-state index is 11.7. The summed E-state index contributed by atoms with van der Waals surface area (Å²) in [4.78, 5) is 40.2. The molecule has 0 saturated carbocycles. The van der Waals surface area contributed by atoms with Crippen molar-refractivity contribution in [2.75, 3.05) is 25.6 Å². The van der Waals surface area contributed by atoms with Crippen LogP contribution in [-0.4, -0.2) is 75.3 Å². The van der Waals surface area contributed by atoms with Crippen LogP contribution >= 0.6 is 0 Å². The van der Waals surface area contributed by atoms with Gasteiger partial charge in [0.1, 0.15) is 0 Å². The highest BCUT2D eigenvalue weighted by atomic mass is 16.5. The lowest BCUT2D eigenvalue weighted by molar-refractivity contribution is -0.137. The lowest BCUT2D eigenvalue weighted by atomic mass is 10.2. The van der Waals surface area contributed by atoms with Gasteiger partial charge in [0.25, 0.3) is 0 Å². The van der Waals surface area contributed by atoms with Crippen LogP contribution in [0.1, 0.15) is 68.0 Å².